The molecular weight excluding hydrogens is 362 g/mol. The second-order valence-corrected chi connectivity index (χ2v) is 6.80. The molecule has 0 bridgehead atoms. The maximum absolute atomic E-state index is 11.9. The van der Waals surface area contributed by atoms with E-state index in [0.717, 1.165) is 31.4 Å². The molecule has 1 aromatic carbocycles. The number of aromatic nitrogens is 3. The van der Waals surface area contributed by atoms with Crippen LogP contribution in [0.3, 0.4) is 0 Å². The number of benzene rings is 1. The highest BCUT2D eigenvalue weighted by Gasteiger charge is 2.27. The van der Waals surface area contributed by atoms with E-state index in [0.29, 0.717) is 18.9 Å². The molecule has 1 fully saturated rings. The van der Waals surface area contributed by atoms with Crippen molar-refractivity contribution in [2.24, 2.45) is 0 Å². The number of nitrogens with one attached hydrogen (secondary N) is 1. The van der Waals surface area contributed by atoms with Gasteiger partial charge in [0, 0.05) is 13.0 Å². The van der Waals surface area contributed by atoms with Crippen molar-refractivity contribution >= 4 is 5.97 Å². The molecule has 28 heavy (non-hydrogen) atoms. The number of hydrogen-bond acceptors (Lipinski definition) is 7. The monoisotopic (exact) mass is 389 g/mol. The quantitative estimate of drug-likeness (QED) is 0.502. The first-order chi connectivity index (χ1) is 13.7. The van der Waals surface area contributed by atoms with E-state index in [4.69, 9.17) is 19.3 Å². The van der Waals surface area contributed by atoms with Gasteiger partial charge in [0.1, 0.15) is 11.9 Å². The lowest BCUT2D eigenvalue weighted by Crippen LogP contribution is -2.24. The van der Waals surface area contributed by atoms with Crippen molar-refractivity contribution < 1.29 is 24.1 Å². The third-order valence-electron chi connectivity index (χ3n) is 4.87. The van der Waals surface area contributed by atoms with Crippen molar-refractivity contribution in [3.05, 3.63) is 35.5 Å². The zero-order valence-corrected chi connectivity index (χ0v) is 16.1. The summed E-state index contributed by atoms with van der Waals surface area (Å²) in [5.74, 6) is 1.02. The second-order valence-electron chi connectivity index (χ2n) is 6.80. The molecule has 0 radical (unpaired) electrons. The number of aliphatic hydroxyl groups is 1. The molecule has 0 aliphatic heterocycles. The van der Waals surface area contributed by atoms with Gasteiger partial charge in [-0.25, -0.2) is 9.89 Å². The topological polar surface area (TPSA) is 107 Å². The van der Waals surface area contributed by atoms with Crippen LogP contribution in [0.5, 0.6) is 11.6 Å². The minimum Gasteiger partial charge on any atom is -0.494 e. The molecule has 0 unspecified atom stereocenters. The Kier molecular flexibility index (Phi) is 7.25. The normalized spacial score (nSPS) is 19.2. The van der Waals surface area contributed by atoms with Crippen LogP contribution < -0.4 is 9.47 Å². The fourth-order valence-electron chi connectivity index (χ4n) is 3.40. The Morgan fingerprint density at radius 2 is 1.96 bits per heavy atom. The maximum Gasteiger partial charge on any atom is 0.362 e. The van der Waals surface area contributed by atoms with Crippen LogP contribution in [0.4, 0.5) is 0 Å². The van der Waals surface area contributed by atoms with E-state index < -0.39 is 5.97 Å². The highest BCUT2D eigenvalue weighted by Crippen LogP contribution is 2.35. The molecule has 2 aromatic rings. The second kappa shape index (κ2) is 10.1. The predicted octanol–water partition coefficient (Wildman–Crippen LogP) is 2.85. The number of aromatic amines is 1. The number of rotatable bonds is 9. The van der Waals surface area contributed by atoms with Crippen molar-refractivity contribution in [1.29, 1.82) is 0 Å². The average Bonchev–Trinajstić information content (AvgIpc) is 3.18. The van der Waals surface area contributed by atoms with Gasteiger partial charge in [0.25, 0.3) is 5.88 Å². The van der Waals surface area contributed by atoms with E-state index in [-0.39, 0.29) is 30.9 Å². The molecule has 1 aromatic heterocycles. The van der Waals surface area contributed by atoms with E-state index in [2.05, 4.69) is 27.5 Å². The van der Waals surface area contributed by atoms with Gasteiger partial charge in [-0.2, -0.15) is 0 Å². The smallest absolute Gasteiger partial charge is 0.362 e. The van der Waals surface area contributed by atoms with Crippen LogP contribution in [-0.2, 0) is 4.74 Å². The predicted molar refractivity (Wildman–Crippen MR) is 102 cm³/mol. The van der Waals surface area contributed by atoms with Gasteiger partial charge in [-0.15, -0.1) is 0 Å². The molecule has 2 N–H and O–H groups in total. The van der Waals surface area contributed by atoms with Crippen molar-refractivity contribution in [2.75, 3.05) is 19.8 Å². The summed E-state index contributed by atoms with van der Waals surface area (Å²) in [5.41, 5.74) is 1.46. The van der Waals surface area contributed by atoms with Gasteiger partial charge >= 0.3 is 5.97 Å². The number of carbonyl (C=O) groups is 1. The highest BCUT2D eigenvalue weighted by molar-refractivity contribution is 5.89. The van der Waals surface area contributed by atoms with Gasteiger partial charge in [-0.05, 0) is 56.2 Å². The fourth-order valence-corrected chi connectivity index (χ4v) is 3.40. The average molecular weight is 389 g/mol. The van der Waals surface area contributed by atoms with Crippen LogP contribution in [0.15, 0.2) is 24.3 Å². The zero-order valence-electron chi connectivity index (χ0n) is 16.1. The van der Waals surface area contributed by atoms with Gasteiger partial charge in [-0.3, -0.25) is 0 Å². The first kappa shape index (κ1) is 20.1. The summed E-state index contributed by atoms with van der Waals surface area (Å²) in [5, 5.41) is 18.9. The Morgan fingerprint density at radius 3 is 2.64 bits per heavy atom. The number of H-pyrrole nitrogens is 1. The van der Waals surface area contributed by atoms with Crippen LogP contribution in [-0.4, -0.2) is 52.4 Å². The molecule has 1 saturated carbocycles. The molecule has 0 saturated heterocycles. The first-order valence-electron chi connectivity index (χ1n) is 9.79. The Hall–Kier alpha value is -2.61. The number of hydrogen-bond donors (Lipinski definition) is 2. The van der Waals surface area contributed by atoms with Crippen molar-refractivity contribution in [3.8, 4) is 11.6 Å². The summed E-state index contributed by atoms with van der Waals surface area (Å²) < 4.78 is 16.5. The van der Waals surface area contributed by atoms with Gasteiger partial charge in [0.05, 0.1) is 13.2 Å². The van der Waals surface area contributed by atoms with E-state index in [1.165, 1.54) is 5.56 Å². The fraction of sp³-hybridized carbons (Fsp3) is 0.550. The first-order valence-corrected chi connectivity index (χ1v) is 9.79. The molecule has 0 spiro atoms. The van der Waals surface area contributed by atoms with E-state index in [1.54, 1.807) is 6.92 Å². The van der Waals surface area contributed by atoms with E-state index in [1.807, 2.05) is 12.1 Å². The van der Waals surface area contributed by atoms with Crippen LogP contribution in [0.1, 0.15) is 61.0 Å². The lowest BCUT2D eigenvalue weighted by molar-refractivity contribution is 0.0508. The number of aliphatic hydroxyl groups excluding tert-OH is 1. The molecule has 8 nitrogen and oxygen atoms in total. The van der Waals surface area contributed by atoms with Crippen molar-refractivity contribution in [1.82, 2.24) is 15.4 Å². The van der Waals surface area contributed by atoms with Crippen LogP contribution in [0.25, 0.3) is 0 Å². The molecule has 0 atom stereocenters. The molecule has 1 aliphatic rings. The van der Waals surface area contributed by atoms with Crippen LogP contribution >= 0.6 is 0 Å². The Morgan fingerprint density at radius 1 is 1.21 bits per heavy atom. The Balaban J connectivity index is 1.50. The van der Waals surface area contributed by atoms with Crippen LogP contribution in [0, 0.1) is 0 Å². The highest BCUT2D eigenvalue weighted by atomic mass is 16.5. The standard InChI is InChI=1S/C20H27N3O5/c1-2-26-20(25)18-19(22-23-21-18)28-17-10-6-15(7-11-17)14-4-8-16(9-5-14)27-13-3-12-24/h4-5,8-9,15,17,24H,2-3,6-7,10-13H2,1H3,(H,21,22,23). The summed E-state index contributed by atoms with van der Waals surface area (Å²) in [6.45, 7) is 2.69. The third-order valence-corrected chi connectivity index (χ3v) is 4.87. The van der Waals surface area contributed by atoms with Crippen molar-refractivity contribution in [3.63, 3.8) is 0 Å². The molecule has 1 heterocycles. The molecular formula is C20H27N3O5. The summed E-state index contributed by atoms with van der Waals surface area (Å²) in [4.78, 5) is 11.9. The Labute approximate surface area is 164 Å². The summed E-state index contributed by atoms with van der Waals surface area (Å²) >= 11 is 0. The largest absolute Gasteiger partial charge is 0.494 e. The van der Waals surface area contributed by atoms with Gasteiger partial charge < -0.3 is 19.3 Å². The van der Waals surface area contributed by atoms with Gasteiger partial charge in [-0.1, -0.05) is 22.4 Å². The SMILES string of the molecule is CCOC(=O)c1[nH]nnc1OC1CCC(c2ccc(OCCCO)cc2)CC1. The maximum atomic E-state index is 11.9. The minimum atomic E-state index is -0.502. The number of ether oxygens (including phenoxy) is 3. The van der Waals surface area contributed by atoms with E-state index in [9.17, 15) is 4.79 Å². The van der Waals surface area contributed by atoms with Crippen molar-refractivity contribution in [2.45, 2.75) is 51.0 Å². The van der Waals surface area contributed by atoms with Crippen LogP contribution in [0.2, 0.25) is 0 Å². The van der Waals surface area contributed by atoms with Gasteiger partial charge in [0.2, 0.25) is 5.69 Å². The number of carbonyl (C=O) groups excluding carboxylic acids is 1. The van der Waals surface area contributed by atoms with Gasteiger partial charge in [0.15, 0.2) is 0 Å². The molecule has 0 amide bonds. The number of esters is 1. The molecule has 8 heteroatoms. The minimum absolute atomic E-state index is 0.00983. The van der Waals surface area contributed by atoms with E-state index >= 15 is 0 Å². The lowest BCUT2D eigenvalue weighted by atomic mass is 9.83. The number of nitrogens with zero attached hydrogens (tertiary/aromatic N) is 2. The molecule has 152 valence electrons. The zero-order chi connectivity index (χ0) is 19.8. The third kappa shape index (κ3) is 5.22. The molecule has 1 aliphatic carbocycles. The Bertz CT molecular complexity index is 739. The lowest BCUT2D eigenvalue weighted by Gasteiger charge is -2.28. The molecule has 3 rings (SSSR count). The summed E-state index contributed by atoms with van der Waals surface area (Å²) in [7, 11) is 0. The summed E-state index contributed by atoms with van der Waals surface area (Å²) in [6, 6.07) is 8.18. The summed E-state index contributed by atoms with van der Waals surface area (Å²) in [6.07, 6.45) is 4.41.